The van der Waals surface area contributed by atoms with Crippen LogP contribution in [0.4, 0.5) is 10.5 Å². The molecule has 1 N–H and O–H groups in total. The first-order valence-corrected chi connectivity index (χ1v) is 11.6. The van der Waals surface area contributed by atoms with Gasteiger partial charge in [0.2, 0.25) is 0 Å². The molecule has 3 aliphatic heterocycles. The van der Waals surface area contributed by atoms with E-state index in [1.54, 1.807) is 11.9 Å². The van der Waals surface area contributed by atoms with Crippen LogP contribution in [0.1, 0.15) is 19.4 Å². The molecule has 2 aromatic rings. The molecule has 3 saturated heterocycles. The highest BCUT2D eigenvalue weighted by Crippen LogP contribution is 2.35. The van der Waals surface area contributed by atoms with Gasteiger partial charge >= 0.3 is 6.03 Å². The predicted octanol–water partition coefficient (Wildman–Crippen LogP) is 2.52. The molecule has 2 aromatic carbocycles. The van der Waals surface area contributed by atoms with Crippen LogP contribution < -0.4 is 15.0 Å². The van der Waals surface area contributed by atoms with Crippen molar-refractivity contribution in [2.24, 2.45) is 5.92 Å². The van der Waals surface area contributed by atoms with E-state index < -0.39 is 6.04 Å². The molecule has 4 unspecified atom stereocenters. The van der Waals surface area contributed by atoms with Crippen molar-refractivity contribution in [3.63, 3.8) is 0 Å². The second-order valence-corrected chi connectivity index (χ2v) is 9.11. The number of ether oxygens (including phenoxy) is 1. The smallest absolute Gasteiger partial charge is 0.328 e. The Labute approximate surface area is 194 Å². The van der Waals surface area contributed by atoms with Crippen molar-refractivity contribution in [3.05, 3.63) is 60.2 Å². The highest BCUT2D eigenvalue weighted by Gasteiger charge is 2.56. The zero-order valence-electron chi connectivity index (χ0n) is 19.3. The molecule has 0 spiro atoms. The Morgan fingerprint density at radius 1 is 1.03 bits per heavy atom. The number of carbonyl (C=O) groups is 2. The number of fused-ring (bicyclic) bond motifs is 3. The third-order valence-corrected chi connectivity index (χ3v) is 6.75. The lowest BCUT2D eigenvalue weighted by Gasteiger charge is -2.46. The number of hydrogen-bond acceptors (Lipinski definition) is 6. The van der Waals surface area contributed by atoms with Crippen LogP contribution in [0.3, 0.4) is 0 Å². The average molecular weight is 450 g/mol. The Hall–Kier alpha value is -3.10. The standard InChI is InChI=1S/C25H31N5O3/c1-4-33-20-12-10-19(11-13-20)28-14-17(2)15-29-21-22(26-24(28)29)27(3)25(32)30(23(21)31)16-18-8-6-5-7-9-18/h5-13,17,21-22,24,26H,4,14-16H2,1-3H3. The van der Waals surface area contributed by atoms with Gasteiger partial charge in [0.05, 0.1) is 13.2 Å². The van der Waals surface area contributed by atoms with Gasteiger partial charge < -0.3 is 14.5 Å². The van der Waals surface area contributed by atoms with Crippen LogP contribution in [-0.4, -0.2) is 71.9 Å². The summed E-state index contributed by atoms with van der Waals surface area (Å²) >= 11 is 0. The van der Waals surface area contributed by atoms with Gasteiger partial charge in [-0.05, 0) is 42.7 Å². The maximum absolute atomic E-state index is 13.7. The molecule has 0 aromatic heterocycles. The summed E-state index contributed by atoms with van der Waals surface area (Å²) < 4.78 is 5.59. The van der Waals surface area contributed by atoms with Gasteiger partial charge in [-0.15, -0.1) is 0 Å². The molecule has 3 aliphatic rings. The van der Waals surface area contributed by atoms with Gasteiger partial charge in [0.25, 0.3) is 5.91 Å². The highest BCUT2D eigenvalue weighted by molar-refractivity contribution is 6.00. The predicted molar refractivity (Wildman–Crippen MR) is 125 cm³/mol. The second-order valence-electron chi connectivity index (χ2n) is 9.11. The number of nitrogens with zero attached hydrogens (tertiary/aromatic N) is 4. The number of anilines is 1. The topological polar surface area (TPSA) is 68.4 Å². The van der Waals surface area contributed by atoms with Crippen LogP contribution >= 0.6 is 0 Å². The van der Waals surface area contributed by atoms with Crippen molar-refractivity contribution in [2.75, 3.05) is 31.6 Å². The molecule has 8 heteroatoms. The summed E-state index contributed by atoms with van der Waals surface area (Å²) in [7, 11) is 1.78. The van der Waals surface area contributed by atoms with Gasteiger partial charge in [-0.2, -0.15) is 0 Å². The Bertz CT molecular complexity index is 1010. The van der Waals surface area contributed by atoms with Crippen molar-refractivity contribution < 1.29 is 14.3 Å². The number of rotatable bonds is 5. The zero-order chi connectivity index (χ0) is 23.1. The summed E-state index contributed by atoms with van der Waals surface area (Å²) in [6.07, 6.45) is -0.525. The van der Waals surface area contributed by atoms with Crippen molar-refractivity contribution in [3.8, 4) is 5.75 Å². The molecular formula is C25H31N5O3. The van der Waals surface area contributed by atoms with E-state index in [1.807, 2.05) is 49.4 Å². The average Bonchev–Trinajstić information content (AvgIpc) is 3.21. The lowest BCUT2D eigenvalue weighted by molar-refractivity contribution is -0.139. The van der Waals surface area contributed by atoms with Crippen molar-refractivity contribution in [1.29, 1.82) is 0 Å². The first-order valence-electron chi connectivity index (χ1n) is 11.6. The SMILES string of the molecule is CCOc1ccc(N2CC(C)CN3C4C(=O)N(Cc5ccccc5)C(=O)N(C)C4NC23)cc1. The summed E-state index contributed by atoms with van der Waals surface area (Å²) in [6, 6.07) is 17.1. The van der Waals surface area contributed by atoms with Gasteiger partial charge in [0, 0.05) is 25.8 Å². The number of nitrogens with one attached hydrogen (secondary N) is 1. The fourth-order valence-corrected chi connectivity index (χ4v) is 5.23. The van der Waals surface area contributed by atoms with Crippen molar-refractivity contribution in [2.45, 2.75) is 38.9 Å². The summed E-state index contributed by atoms with van der Waals surface area (Å²) in [5.41, 5.74) is 2.00. The highest BCUT2D eigenvalue weighted by atomic mass is 16.5. The quantitative estimate of drug-likeness (QED) is 0.757. The summed E-state index contributed by atoms with van der Waals surface area (Å²) in [5, 5.41) is 3.58. The molecule has 0 saturated carbocycles. The number of amides is 3. The minimum Gasteiger partial charge on any atom is -0.494 e. The van der Waals surface area contributed by atoms with E-state index in [1.165, 1.54) is 4.90 Å². The van der Waals surface area contributed by atoms with Gasteiger partial charge in [0.15, 0.2) is 0 Å². The van der Waals surface area contributed by atoms with E-state index in [9.17, 15) is 9.59 Å². The molecule has 174 valence electrons. The number of benzene rings is 2. The molecule has 0 radical (unpaired) electrons. The molecule has 3 fully saturated rings. The summed E-state index contributed by atoms with van der Waals surface area (Å²) in [5.74, 6) is 1.07. The minimum absolute atomic E-state index is 0.136. The summed E-state index contributed by atoms with van der Waals surface area (Å²) in [4.78, 5) is 34.4. The van der Waals surface area contributed by atoms with Gasteiger partial charge in [0.1, 0.15) is 24.2 Å². The molecular weight excluding hydrogens is 418 g/mol. The zero-order valence-corrected chi connectivity index (χ0v) is 19.3. The monoisotopic (exact) mass is 449 g/mol. The molecule has 33 heavy (non-hydrogen) atoms. The van der Waals surface area contributed by atoms with Crippen LogP contribution in [0.25, 0.3) is 0 Å². The van der Waals surface area contributed by atoms with E-state index >= 15 is 0 Å². The molecule has 3 heterocycles. The van der Waals surface area contributed by atoms with Crippen LogP contribution in [0.5, 0.6) is 5.75 Å². The fraction of sp³-hybridized carbons (Fsp3) is 0.440. The van der Waals surface area contributed by atoms with E-state index in [4.69, 9.17) is 4.74 Å². The summed E-state index contributed by atoms with van der Waals surface area (Å²) in [6.45, 7) is 6.74. The third-order valence-electron chi connectivity index (χ3n) is 6.75. The first-order chi connectivity index (χ1) is 16.0. The molecule has 8 nitrogen and oxygen atoms in total. The van der Waals surface area contributed by atoms with Crippen LogP contribution in [0.15, 0.2) is 54.6 Å². The first kappa shape index (κ1) is 21.7. The van der Waals surface area contributed by atoms with Crippen LogP contribution in [-0.2, 0) is 11.3 Å². The van der Waals surface area contributed by atoms with E-state index in [-0.39, 0.29) is 30.9 Å². The minimum atomic E-state index is -0.422. The van der Waals surface area contributed by atoms with Gasteiger partial charge in [-0.25, -0.2) is 4.79 Å². The Morgan fingerprint density at radius 2 is 1.76 bits per heavy atom. The van der Waals surface area contributed by atoms with E-state index in [2.05, 4.69) is 34.2 Å². The molecule has 0 aliphatic carbocycles. The van der Waals surface area contributed by atoms with Gasteiger partial charge in [-0.3, -0.25) is 19.9 Å². The maximum Gasteiger partial charge on any atom is 0.328 e. The van der Waals surface area contributed by atoms with E-state index in [0.717, 1.165) is 30.1 Å². The molecule has 0 bridgehead atoms. The number of carbonyl (C=O) groups excluding carboxylic acids is 2. The Kier molecular flexibility index (Phi) is 5.72. The second kappa shape index (κ2) is 8.68. The lowest BCUT2D eigenvalue weighted by Crippen LogP contribution is -2.66. The van der Waals surface area contributed by atoms with Gasteiger partial charge in [-0.1, -0.05) is 37.3 Å². The molecule has 3 amide bonds. The Morgan fingerprint density at radius 3 is 2.45 bits per heavy atom. The number of likely N-dealkylation sites (N-methyl/N-ethyl adjacent to an activating group) is 1. The molecule has 4 atom stereocenters. The maximum atomic E-state index is 13.7. The van der Waals surface area contributed by atoms with Crippen LogP contribution in [0.2, 0.25) is 0 Å². The Balaban J connectivity index is 1.43. The van der Waals surface area contributed by atoms with Crippen molar-refractivity contribution >= 4 is 17.6 Å². The lowest BCUT2D eigenvalue weighted by atomic mass is 10.0. The largest absolute Gasteiger partial charge is 0.494 e. The van der Waals surface area contributed by atoms with E-state index in [0.29, 0.717) is 12.5 Å². The normalized spacial score (nSPS) is 27.5. The molecule has 5 rings (SSSR count). The van der Waals surface area contributed by atoms with Crippen molar-refractivity contribution in [1.82, 2.24) is 20.0 Å². The van der Waals surface area contributed by atoms with Crippen LogP contribution in [0, 0.1) is 5.92 Å². The number of hydrogen-bond donors (Lipinski definition) is 1. The number of imide groups is 1. The number of urea groups is 1. The third kappa shape index (κ3) is 3.83. The fourth-order valence-electron chi connectivity index (χ4n) is 5.23.